The Labute approximate surface area is 77.8 Å². The highest BCUT2D eigenvalue weighted by atomic mass is 32.2. The third-order valence-corrected chi connectivity index (χ3v) is 2.72. The van der Waals surface area contributed by atoms with Crippen LogP contribution in [0.2, 0.25) is 0 Å². The van der Waals surface area contributed by atoms with E-state index in [1.165, 1.54) is 0 Å². The lowest BCUT2D eigenvalue weighted by molar-refractivity contribution is 0.592. The molecule has 0 saturated carbocycles. The Morgan fingerprint density at radius 1 is 1.46 bits per heavy atom. The Bertz CT molecular complexity index is 361. The lowest BCUT2D eigenvalue weighted by Crippen LogP contribution is -2.20. The van der Waals surface area contributed by atoms with Crippen molar-refractivity contribution in [1.82, 2.24) is 4.98 Å². The fraction of sp³-hybridized carbons (Fsp3) is 0.375. The first-order valence-corrected chi connectivity index (χ1v) is 5.61. The molecule has 72 valence electrons. The van der Waals surface area contributed by atoms with Gasteiger partial charge in [-0.1, -0.05) is 6.92 Å². The van der Waals surface area contributed by atoms with E-state index in [1.54, 1.807) is 24.5 Å². The maximum Gasteiger partial charge on any atom is 0.209 e. The minimum Gasteiger partial charge on any atom is -0.265 e. The second-order valence-electron chi connectivity index (χ2n) is 3.01. The Hall–Kier alpha value is -0.940. The van der Waals surface area contributed by atoms with Crippen LogP contribution in [0.3, 0.4) is 0 Å². The molecule has 1 rings (SSSR count). The number of primary sulfonamides is 1. The molecule has 0 fully saturated rings. The SMILES string of the molecule is CC(CS(N)(=O)=O)c1ccncc1. The van der Waals surface area contributed by atoms with Gasteiger partial charge in [-0.25, -0.2) is 13.6 Å². The standard InChI is InChI=1S/C8H12N2O2S/c1-7(6-13(9,11)12)8-2-4-10-5-3-8/h2-5,7H,6H2,1H3,(H2,9,11,12). The predicted molar refractivity (Wildman–Crippen MR) is 50.6 cm³/mol. The number of hydrogen-bond donors (Lipinski definition) is 1. The van der Waals surface area contributed by atoms with Crippen LogP contribution < -0.4 is 5.14 Å². The average molecular weight is 200 g/mol. The van der Waals surface area contributed by atoms with Crippen LogP contribution in [0.15, 0.2) is 24.5 Å². The van der Waals surface area contributed by atoms with Crippen molar-refractivity contribution < 1.29 is 8.42 Å². The van der Waals surface area contributed by atoms with Crippen LogP contribution in [0, 0.1) is 0 Å². The highest BCUT2D eigenvalue weighted by Gasteiger charge is 2.12. The van der Waals surface area contributed by atoms with E-state index in [4.69, 9.17) is 5.14 Å². The molecule has 0 radical (unpaired) electrons. The zero-order valence-electron chi connectivity index (χ0n) is 7.34. The summed E-state index contributed by atoms with van der Waals surface area (Å²) in [7, 11) is -3.39. The fourth-order valence-electron chi connectivity index (χ4n) is 1.14. The van der Waals surface area contributed by atoms with Gasteiger partial charge in [-0.05, 0) is 23.6 Å². The van der Waals surface area contributed by atoms with Gasteiger partial charge in [-0.15, -0.1) is 0 Å². The summed E-state index contributed by atoms with van der Waals surface area (Å²) in [5, 5.41) is 4.93. The molecule has 0 amide bonds. The summed E-state index contributed by atoms with van der Waals surface area (Å²) >= 11 is 0. The van der Waals surface area contributed by atoms with E-state index in [0.717, 1.165) is 5.56 Å². The highest BCUT2D eigenvalue weighted by molar-refractivity contribution is 7.89. The van der Waals surface area contributed by atoms with Crippen molar-refractivity contribution in [2.24, 2.45) is 5.14 Å². The van der Waals surface area contributed by atoms with Gasteiger partial charge in [0.15, 0.2) is 0 Å². The summed E-state index contributed by atoms with van der Waals surface area (Å²) in [4.78, 5) is 3.84. The van der Waals surface area contributed by atoms with Gasteiger partial charge in [-0.3, -0.25) is 4.98 Å². The maximum absolute atomic E-state index is 10.8. The molecule has 0 aromatic carbocycles. The first-order valence-electron chi connectivity index (χ1n) is 3.89. The number of nitrogens with zero attached hydrogens (tertiary/aromatic N) is 1. The predicted octanol–water partition coefficient (Wildman–Crippen LogP) is 0.474. The van der Waals surface area contributed by atoms with Crippen LogP contribution in [0.5, 0.6) is 0 Å². The highest BCUT2D eigenvalue weighted by Crippen LogP contribution is 2.14. The van der Waals surface area contributed by atoms with Gasteiger partial charge < -0.3 is 0 Å². The van der Waals surface area contributed by atoms with Crippen molar-refractivity contribution >= 4 is 10.0 Å². The van der Waals surface area contributed by atoms with Gasteiger partial charge >= 0.3 is 0 Å². The molecule has 4 nitrogen and oxygen atoms in total. The maximum atomic E-state index is 10.8. The smallest absolute Gasteiger partial charge is 0.209 e. The summed E-state index contributed by atoms with van der Waals surface area (Å²) in [5.74, 6) is -0.116. The second kappa shape index (κ2) is 3.85. The van der Waals surface area contributed by atoms with Gasteiger partial charge in [-0.2, -0.15) is 0 Å². The molecule has 1 aromatic heterocycles. The van der Waals surface area contributed by atoms with Gasteiger partial charge in [0.1, 0.15) is 0 Å². The number of hydrogen-bond acceptors (Lipinski definition) is 3. The van der Waals surface area contributed by atoms with Crippen LogP contribution in [0.25, 0.3) is 0 Å². The Morgan fingerprint density at radius 3 is 2.46 bits per heavy atom. The normalized spacial score (nSPS) is 14.0. The molecule has 5 heteroatoms. The fourth-order valence-corrected chi connectivity index (χ4v) is 2.03. The summed E-state index contributed by atoms with van der Waals surface area (Å²) in [6.45, 7) is 1.82. The van der Waals surface area contributed by atoms with E-state index < -0.39 is 10.0 Å². The van der Waals surface area contributed by atoms with Crippen LogP contribution >= 0.6 is 0 Å². The van der Waals surface area contributed by atoms with E-state index in [0.29, 0.717) is 0 Å². The lowest BCUT2D eigenvalue weighted by atomic mass is 10.1. The van der Waals surface area contributed by atoms with Gasteiger partial charge in [0.2, 0.25) is 10.0 Å². The topological polar surface area (TPSA) is 73.1 Å². The van der Waals surface area contributed by atoms with Gasteiger partial charge in [0, 0.05) is 12.4 Å². The minimum absolute atomic E-state index is 0.0307. The molecule has 0 aliphatic carbocycles. The van der Waals surface area contributed by atoms with E-state index in [-0.39, 0.29) is 11.7 Å². The summed E-state index contributed by atoms with van der Waals surface area (Å²) in [5.41, 5.74) is 0.934. The Kier molecular flexibility index (Phi) is 3.00. The molecule has 0 spiro atoms. The molecular formula is C8H12N2O2S. The molecule has 13 heavy (non-hydrogen) atoms. The van der Waals surface area contributed by atoms with Crippen molar-refractivity contribution in [2.75, 3.05) is 5.75 Å². The molecule has 1 heterocycles. The van der Waals surface area contributed by atoms with E-state index >= 15 is 0 Å². The number of rotatable bonds is 3. The first kappa shape index (κ1) is 10.1. The Balaban J connectivity index is 2.76. The number of aromatic nitrogens is 1. The zero-order valence-corrected chi connectivity index (χ0v) is 8.16. The van der Waals surface area contributed by atoms with Crippen LogP contribution in [-0.2, 0) is 10.0 Å². The van der Waals surface area contributed by atoms with Gasteiger partial charge in [0.05, 0.1) is 5.75 Å². The largest absolute Gasteiger partial charge is 0.265 e. The molecule has 1 unspecified atom stereocenters. The monoisotopic (exact) mass is 200 g/mol. The van der Waals surface area contributed by atoms with Crippen LogP contribution in [-0.4, -0.2) is 19.2 Å². The lowest BCUT2D eigenvalue weighted by Gasteiger charge is -2.08. The molecule has 0 aliphatic heterocycles. The van der Waals surface area contributed by atoms with Crippen LogP contribution in [0.4, 0.5) is 0 Å². The van der Waals surface area contributed by atoms with E-state index in [1.807, 2.05) is 6.92 Å². The molecule has 2 N–H and O–H groups in total. The summed E-state index contributed by atoms with van der Waals surface area (Å²) in [6.07, 6.45) is 3.27. The second-order valence-corrected chi connectivity index (χ2v) is 4.67. The molecule has 0 saturated heterocycles. The molecule has 1 aromatic rings. The number of sulfonamides is 1. The first-order chi connectivity index (χ1) is 5.99. The van der Waals surface area contributed by atoms with Gasteiger partial charge in [0.25, 0.3) is 0 Å². The summed E-state index contributed by atoms with van der Waals surface area (Å²) in [6, 6.07) is 3.58. The average Bonchev–Trinajstić information content (AvgIpc) is 2.03. The van der Waals surface area contributed by atoms with Crippen molar-refractivity contribution in [3.05, 3.63) is 30.1 Å². The van der Waals surface area contributed by atoms with Crippen LogP contribution in [0.1, 0.15) is 18.4 Å². The van der Waals surface area contributed by atoms with E-state index in [2.05, 4.69) is 4.98 Å². The van der Waals surface area contributed by atoms with Crippen molar-refractivity contribution in [3.63, 3.8) is 0 Å². The summed E-state index contributed by atoms with van der Waals surface area (Å²) < 4.78 is 21.6. The third-order valence-electron chi connectivity index (χ3n) is 1.76. The molecular weight excluding hydrogens is 188 g/mol. The molecule has 0 aliphatic rings. The number of nitrogens with two attached hydrogens (primary N) is 1. The zero-order chi connectivity index (χ0) is 9.90. The van der Waals surface area contributed by atoms with Crippen molar-refractivity contribution in [1.29, 1.82) is 0 Å². The molecule has 0 bridgehead atoms. The Morgan fingerprint density at radius 2 is 2.00 bits per heavy atom. The quantitative estimate of drug-likeness (QED) is 0.771. The number of pyridine rings is 1. The van der Waals surface area contributed by atoms with Crippen molar-refractivity contribution in [3.8, 4) is 0 Å². The van der Waals surface area contributed by atoms with E-state index in [9.17, 15) is 8.42 Å². The third kappa shape index (κ3) is 3.52. The molecule has 1 atom stereocenters. The van der Waals surface area contributed by atoms with Crippen molar-refractivity contribution in [2.45, 2.75) is 12.8 Å². The minimum atomic E-state index is -3.39.